The first-order valence-corrected chi connectivity index (χ1v) is 16.7. The first kappa shape index (κ1) is 31.8. The first-order valence-electron chi connectivity index (χ1n) is 14.5. The van der Waals surface area contributed by atoms with Crippen LogP contribution in [-0.4, -0.2) is 43.8 Å². The second kappa shape index (κ2) is 13.9. The number of aryl methyl sites for hydroxylation is 2. The molecule has 4 rings (SSSR count). The summed E-state index contributed by atoms with van der Waals surface area (Å²) in [5, 5.41) is 3.14. The normalized spacial score (nSPS) is 14.7. The van der Waals surface area contributed by atoms with Crippen LogP contribution in [0.1, 0.15) is 61.3 Å². The van der Waals surface area contributed by atoms with Crippen molar-refractivity contribution in [2.45, 2.75) is 83.3 Å². The van der Waals surface area contributed by atoms with Gasteiger partial charge in [0.1, 0.15) is 12.6 Å². The minimum Gasteiger partial charge on any atom is -0.352 e. The van der Waals surface area contributed by atoms with Crippen molar-refractivity contribution in [1.29, 1.82) is 0 Å². The highest BCUT2D eigenvalue weighted by Crippen LogP contribution is 2.29. The third-order valence-electron chi connectivity index (χ3n) is 8.09. The standard InChI is InChI=1S/C33H40BrN3O4S/c1-23-16-18-30(19-17-23)42(40,41)37(31-15-8-10-24(2)25(31)3)22-32(38)36(21-27-11-9-12-28(34)20-27)26(4)33(39)35-29-13-6-5-7-14-29/h8-12,15-20,26,29H,5-7,13-14,21-22H2,1-4H3,(H,35,39)/t26-/m1/s1. The summed E-state index contributed by atoms with van der Waals surface area (Å²) < 4.78 is 30.2. The molecule has 1 aliphatic rings. The molecule has 0 radical (unpaired) electrons. The SMILES string of the molecule is Cc1ccc(S(=O)(=O)N(CC(=O)N(Cc2cccc(Br)c2)[C@H](C)C(=O)NC2CCCCC2)c2cccc(C)c2C)cc1. The van der Waals surface area contributed by atoms with Crippen molar-refractivity contribution >= 4 is 43.5 Å². The second-order valence-corrected chi connectivity index (χ2v) is 14.0. The number of carbonyl (C=O) groups is 2. The maximum atomic E-state index is 14.2. The number of benzene rings is 3. The maximum Gasteiger partial charge on any atom is 0.264 e. The summed E-state index contributed by atoms with van der Waals surface area (Å²) in [4.78, 5) is 29.3. The average Bonchev–Trinajstić information content (AvgIpc) is 2.96. The largest absolute Gasteiger partial charge is 0.352 e. The topological polar surface area (TPSA) is 86.8 Å². The minimum atomic E-state index is -4.11. The van der Waals surface area contributed by atoms with E-state index in [9.17, 15) is 18.0 Å². The fourth-order valence-corrected chi connectivity index (χ4v) is 7.26. The Morgan fingerprint density at radius 2 is 1.62 bits per heavy atom. The van der Waals surface area contributed by atoms with Gasteiger partial charge in [-0.1, -0.05) is 77.2 Å². The van der Waals surface area contributed by atoms with E-state index in [4.69, 9.17) is 0 Å². The fourth-order valence-electron chi connectivity index (χ4n) is 5.34. The molecule has 1 N–H and O–H groups in total. The molecule has 0 unspecified atom stereocenters. The van der Waals surface area contributed by atoms with E-state index in [0.717, 1.165) is 52.4 Å². The zero-order valence-corrected chi connectivity index (χ0v) is 27.2. The summed E-state index contributed by atoms with van der Waals surface area (Å²) in [5.41, 5.74) is 3.87. The Labute approximate surface area is 258 Å². The molecule has 0 spiro atoms. The Kier molecular flexibility index (Phi) is 10.5. The van der Waals surface area contributed by atoms with E-state index in [2.05, 4.69) is 21.2 Å². The number of hydrogen-bond acceptors (Lipinski definition) is 4. The zero-order chi connectivity index (χ0) is 30.4. The second-order valence-electron chi connectivity index (χ2n) is 11.2. The lowest BCUT2D eigenvalue weighted by Crippen LogP contribution is -2.53. The molecule has 3 aromatic rings. The van der Waals surface area contributed by atoms with E-state index in [-0.39, 0.29) is 23.4 Å². The van der Waals surface area contributed by atoms with E-state index in [0.29, 0.717) is 5.69 Å². The number of rotatable bonds is 10. The molecule has 42 heavy (non-hydrogen) atoms. The van der Waals surface area contributed by atoms with Gasteiger partial charge in [0, 0.05) is 17.1 Å². The summed E-state index contributed by atoms with van der Waals surface area (Å²) in [7, 11) is -4.11. The predicted octanol–water partition coefficient (Wildman–Crippen LogP) is 6.44. The highest BCUT2D eigenvalue weighted by Gasteiger charge is 2.34. The third kappa shape index (κ3) is 7.61. The predicted molar refractivity (Wildman–Crippen MR) is 171 cm³/mol. The van der Waals surface area contributed by atoms with E-state index in [1.165, 1.54) is 15.6 Å². The summed E-state index contributed by atoms with van der Waals surface area (Å²) >= 11 is 3.49. The molecule has 9 heteroatoms. The molecular formula is C33H40BrN3O4S. The Bertz CT molecular complexity index is 1520. The summed E-state index contributed by atoms with van der Waals surface area (Å²) in [6.45, 7) is 7.08. The monoisotopic (exact) mass is 653 g/mol. The molecule has 7 nitrogen and oxygen atoms in total. The summed E-state index contributed by atoms with van der Waals surface area (Å²) in [5.74, 6) is -0.692. The van der Waals surface area contributed by atoms with Gasteiger partial charge in [-0.2, -0.15) is 0 Å². The van der Waals surface area contributed by atoms with Crippen LogP contribution in [0.15, 0.2) is 76.1 Å². The Hall–Kier alpha value is -3.17. The van der Waals surface area contributed by atoms with Crippen LogP contribution in [0.4, 0.5) is 5.69 Å². The molecule has 0 aromatic heterocycles. The Morgan fingerprint density at radius 3 is 2.29 bits per heavy atom. The molecule has 224 valence electrons. The number of nitrogens with zero attached hydrogens (tertiary/aromatic N) is 2. The third-order valence-corrected chi connectivity index (χ3v) is 10.4. The van der Waals surface area contributed by atoms with Gasteiger partial charge in [-0.25, -0.2) is 8.42 Å². The van der Waals surface area contributed by atoms with Crippen LogP contribution in [0.5, 0.6) is 0 Å². The Morgan fingerprint density at radius 1 is 0.952 bits per heavy atom. The number of nitrogens with one attached hydrogen (secondary N) is 1. The number of anilines is 1. The molecule has 0 aliphatic heterocycles. The zero-order valence-electron chi connectivity index (χ0n) is 24.8. The minimum absolute atomic E-state index is 0.0879. The van der Waals surface area contributed by atoms with Crippen LogP contribution >= 0.6 is 15.9 Å². The molecule has 1 atom stereocenters. The number of sulfonamides is 1. The lowest BCUT2D eigenvalue weighted by Gasteiger charge is -2.33. The van der Waals surface area contributed by atoms with Crippen LogP contribution in [-0.2, 0) is 26.2 Å². The van der Waals surface area contributed by atoms with Crippen molar-refractivity contribution in [3.63, 3.8) is 0 Å². The fraction of sp³-hybridized carbons (Fsp3) is 0.394. The lowest BCUT2D eigenvalue weighted by molar-refractivity contribution is -0.139. The van der Waals surface area contributed by atoms with Crippen molar-refractivity contribution in [2.75, 3.05) is 10.8 Å². The van der Waals surface area contributed by atoms with Crippen molar-refractivity contribution in [3.8, 4) is 0 Å². The molecule has 0 bridgehead atoms. The lowest BCUT2D eigenvalue weighted by atomic mass is 9.95. The highest BCUT2D eigenvalue weighted by atomic mass is 79.9. The molecular weight excluding hydrogens is 614 g/mol. The Balaban J connectivity index is 1.71. The molecule has 3 aromatic carbocycles. The molecule has 1 saturated carbocycles. The molecule has 0 heterocycles. The molecule has 2 amide bonds. The van der Waals surface area contributed by atoms with Gasteiger partial charge >= 0.3 is 0 Å². The van der Waals surface area contributed by atoms with Crippen LogP contribution in [0.25, 0.3) is 0 Å². The first-order chi connectivity index (χ1) is 20.0. The van der Waals surface area contributed by atoms with Gasteiger partial charge in [-0.05, 0) is 87.6 Å². The van der Waals surface area contributed by atoms with E-state index < -0.39 is 28.5 Å². The van der Waals surface area contributed by atoms with Gasteiger partial charge in [0.25, 0.3) is 10.0 Å². The maximum absolute atomic E-state index is 14.2. The number of halogens is 1. The van der Waals surface area contributed by atoms with Gasteiger partial charge in [0.05, 0.1) is 10.6 Å². The number of carbonyl (C=O) groups excluding carboxylic acids is 2. The van der Waals surface area contributed by atoms with Gasteiger partial charge in [0.15, 0.2) is 0 Å². The molecule has 0 saturated heterocycles. The van der Waals surface area contributed by atoms with Crippen LogP contribution < -0.4 is 9.62 Å². The van der Waals surface area contributed by atoms with Crippen molar-refractivity contribution in [2.24, 2.45) is 0 Å². The van der Waals surface area contributed by atoms with E-state index in [1.807, 2.05) is 51.1 Å². The average molecular weight is 655 g/mol. The van der Waals surface area contributed by atoms with Crippen molar-refractivity contribution in [3.05, 3.63) is 93.5 Å². The summed E-state index contributed by atoms with van der Waals surface area (Å²) in [6, 6.07) is 18.9. The number of amides is 2. The highest BCUT2D eigenvalue weighted by molar-refractivity contribution is 9.10. The van der Waals surface area contributed by atoms with Crippen LogP contribution in [0, 0.1) is 20.8 Å². The van der Waals surface area contributed by atoms with Gasteiger partial charge in [0.2, 0.25) is 11.8 Å². The van der Waals surface area contributed by atoms with Crippen molar-refractivity contribution < 1.29 is 18.0 Å². The van der Waals surface area contributed by atoms with Gasteiger partial charge in [-0.15, -0.1) is 0 Å². The molecule has 1 aliphatic carbocycles. The summed E-state index contributed by atoms with van der Waals surface area (Å²) in [6.07, 6.45) is 5.16. The van der Waals surface area contributed by atoms with Crippen molar-refractivity contribution in [1.82, 2.24) is 10.2 Å². The quantitative estimate of drug-likeness (QED) is 0.273. The van der Waals surface area contributed by atoms with Gasteiger partial charge in [-0.3, -0.25) is 13.9 Å². The van der Waals surface area contributed by atoms with E-state index >= 15 is 0 Å². The number of hydrogen-bond donors (Lipinski definition) is 1. The van der Waals surface area contributed by atoms with Crippen LogP contribution in [0.3, 0.4) is 0 Å². The molecule has 1 fully saturated rings. The van der Waals surface area contributed by atoms with E-state index in [1.54, 1.807) is 43.3 Å². The van der Waals surface area contributed by atoms with Gasteiger partial charge < -0.3 is 10.2 Å². The smallest absolute Gasteiger partial charge is 0.264 e. The van der Waals surface area contributed by atoms with Crippen LogP contribution in [0.2, 0.25) is 0 Å².